The Hall–Kier alpha value is -2.91. The predicted molar refractivity (Wildman–Crippen MR) is 103 cm³/mol. The van der Waals surface area contributed by atoms with E-state index in [1.165, 1.54) is 17.7 Å². The van der Waals surface area contributed by atoms with Gasteiger partial charge in [-0.15, -0.1) is 5.10 Å². The molecule has 1 aromatic heterocycles. The third-order valence-electron chi connectivity index (χ3n) is 5.06. The molecule has 0 N–H and O–H groups in total. The van der Waals surface area contributed by atoms with E-state index >= 15 is 0 Å². The van der Waals surface area contributed by atoms with Gasteiger partial charge in [0, 0.05) is 25.7 Å². The fraction of sp³-hybridized carbons (Fsp3) is 0.350. The van der Waals surface area contributed by atoms with Gasteiger partial charge in [0.2, 0.25) is 0 Å². The zero-order valence-electron chi connectivity index (χ0n) is 16.0. The fourth-order valence-electron chi connectivity index (χ4n) is 3.59. The normalized spacial score (nSPS) is 18.3. The summed E-state index contributed by atoms with van der Waals surface area (Å²) in [4.78, 5) is 4.69. The molecule has 0 bridgehead atoms. The molecule has 1 aliphatic heterocycles. The van der Waals surface area contributed by atoms with Gasteiger partial charge in [-0.25, -0.2) is 0 Å². The van der Waals surface area contributed by atoms with Gasteiger partial charge in [-0.2, -0.15) is 13.5 Å². The van der Waals surface area contributed by atoms with Crippen molar-refractivity contribution >= 4 is 0 Å². The zero-order valence-corrected chi connectivity index (χ0v) is 16.0. The summed E-state index contributed by atoms with van der Waals surface area (Å²) in [5, 5.41) is 12.1. The first-order valence-electron chi connectivity index (χ1n) is 9.40. The van der Waals surface area contributed by atoms with E-state index in [2.05, 4.69) is 61.4 Å². The lowest BCUT2D eigenvalue weighted by molar-refractivity contribution is -0.0498. The predicted octanol–water partition coefficient (Wildman–Crippen LogP) is 2.75. The molecule has 4 rings (SSSR count). The number of likely N-dealkylation sites (N-methyl/N-ethyl adjacent to an activating group) is 1. The highest BCUT2D eigenvalue weighted by Gasteiger charge is 2.28. The van der Waals surface area contributed by atoms with E-state index in [0.29, 0.717) is 18.1 Å². The number of nitrogens with zero attached hydrogens (tertiary/aromatic N) is 6. The molecule has 0 aliphatic carbocycles. The third-order valence-corrected chi connectivity index (χ3v) is 5.06. The second-order valence-electron chi connectivity index (χ2n) is 7.04. The van der Waals surface area contributed by atoms with Crippen LogP contribution in [-0.4, -0.2) is 63.3 Å². The molecule has 152 valence electrons. The van der Waals surface area contributed by atoms with Crippen molar-refractivity contribution in [1.29, 1.82) is 0 Å². The maximum Gasteiger partial charge on any atom is 0.387 e. The fourth-order valence-corrected chi connectivity index (χ4v) is 3.59. The minimum absolute atomic E-state index is 0.0987. The molecule has 0 amide bonds. The van der Waals surface area contributed by atoms with Gasteiger partial charge in [0.25, 0.3) is 0 Å². The van der Waals surface area contributed by atoms with Crippen molar-refractivity contribution in [2.24, 2.45) is 0 Å². The summed E-state index contributed by atoms with van der Waals surface area (Å²) >= 11 is 0. The molecule has 7 nitrogen and oxygen atoms in total. The summed E-state index contributed by atoms with van der Waals surface area (Å²) in [6.45, 7) is 0.506. The van der Waals surface area contributed by atoms with E-state index in [1.54, 1.807) is 16.8 Å². The Morgan fingerprint density at radius 2 is 1.83 bits per heavy atom. The summed E-state index contributed by atoms with van der Waals surface area (Å²) < 4.78 is 30.7. The first kappa shape index (κ1) is 19.4. The molecule has 0 spiro atoms. The standard InChI is InChI=1S/C20H22F2N6O/c1-26-11-12-27(18(13-26)15-5-3-2-4-6-15)14-19-23-24-25-28(19)16-7-9-17(10-8-16)29-20(21)22/h2-10,18,20H,11-14H2,1H3. The first-order valence-corrected chi connectivity index (χ1v) is 9.40. The number of benzene rings is 2. The van der Waals surface area contributed by atoms with E-state index in [4.69, 9.17) is 0 Å². The highest BCUT2D eigenvalue weighted by molar-refractivity contribution is 5.37. The third kappa shape index (κ3) is 4.57. The minimum atomic E-state index is -2.85. The summed E-state index contributed by atoms with van der Waals surface area (Å²) in [6.07, 6.45) is 0. The van der Waals surface area contributed by atoms with Crippen LogP contribution >= 0.6 is 0 Å². The van der Waals surface area contributed by atoms with Crippen LogP contribution in [0.5, 0.6) is 5.75 Å². The SMILES string of the molecule is CN1CCN(Cc2nnnn2-c2ccc(OC(F)F)cc2)C(c2ccccc2)C1. The smallest absolute Gasteiger partial charge is 0.387 e. The first-order chi connectivity index (χ1) is 14.1. The number of halogens is 2. The molecule has 29 heavy (non-hydrogen) atoms. The lowest BCUT2D eigenvalue weighted by Crippen LogP contribution is -2.46. The number of hydrogen-bond donors (Lipinski definition) is 0. The van der Waals surface area contributed by atoms with Crippen molar-refractivity contribution in [2.45, 2.75) is 19.2 Å². The topological polar surface area (TPSA) is 59.3 Å². The van der Waals surface area contributed by atoms with Gasteiger partial charge in [0.15, 0.2) is 5.82 Å². The van der Waals surface area contributed by atoms with Gasteiger partial charge in [0.05, 0.1) is 12.2 Å². The Bertz CT molecular complexity index is 918. The second kappa shape index (κ2) is 8.62. The Labute approximate surface area is 167 Å². The van der Waals surface area contributed by atoms with Crippen LogP contribution in [-0.2, 0) is 6.54 Å². The number of tetrazole rings is 1. The van der Waals surface area contributed by atoms with Crippen molar-refractivity contribution in [2.75, 3.05) is 26.7 Å². The van der Waals surface area contributed by atoms with Gasteiger partial charge in [-0.1, -0.05) is 30.3 Å². The van der Waals surface area contributed by atoms with Crippen molar-refractivity contribution in [1.82, 2.24) is 30.0 Å². The van der Waals surface area contributed by atoms with Crippen LogP contribution in [0.1, 0.15) is 17.4 Å². The molecule has 2 heterocycles. The largest absolute Gasteiger partial charge is 0.435 e. The minimum Gasteiger partial charge on any atom is -0.435 e. The molecule has 0 radical (unpaired) electrons. The van der Waals surface area contributed by atoms with Crippen LogP contribution < -0.4 is 4.74 Å². The van der Waals surface area contributed by atoms with Crippen LogP contribution in [0.2, 0.25) is 0 Å². The van der Waals surface area contributed by atoms with Gasteiger partial charge >= 0.3 is 6.61 Å². The van der Waals surface area contributed by atoms with Crippen LogP contribution in [0.25, 0.3) is 5.69 Å². The number of alkyl halides is 2. The molecule has 1 aliphatic rings. The highest BCUT2D eigenvalue weighted by Crippen LogP contribution is 2.26. The molecule has 9 heteroatoms. The number of hydrogen-bond acceptors (Lipinski definition) is 6. The lowest BCUT2D eigenvalue weighted by Gasteiger charge is -2.40. The van der Waals surface area contributed by atoms with Crippen molar-refractivity contribution in [3.63, 3.8) is 0 Å². The highest BCUT2D eigenvalue weighted by atomic mass is 19.3. The van der Waals surface area contributed by atoms with E-state index in [1.807, 2.05) is 6.07 Å². The van der Waals surface area contributed by atoms with E-state index in [0.717, 1.165) is 19.6 Å². The average molecular weight is 400 g/mol. The number of piperazine rings is 1. The zero-order chi connectivity index (χ0) is 20.2. The van der Waals surface area contributed by atoms with Crippen LogP contribution in [0.3, 0.4) is 0 Å². The van der Waals surface area contributed by atoms with Gasteiger partial charge in [0.1, 0.15) is 5.75 Å². The Morgan fingerprint density at radius 1 is 1.07 bits per heavy atom. The van der Waals surface area contributed by atoms with Crippen molar-refractivity contribution in [3.8, 4) is 11.4 Å². The van der Waals surface area contributed by atoms with Crippen molar-refractivity contribution < 1.29 is 13.5 Å². The maximum atomic E-state index is 12.4. The average Bonchev–Trinajstić information content (AvgIpc) is 3.18. The van der Waals surface area contributed by atoms with Crippen LogP contribution in [0, 0.1) is 0 Å². The monoisotopic (exact) mass is 400 g/mol. The van der Waals surface area contributed by atoms with Gasteiger partial charge in [-0.05, 0) is 47.3 Å². The molecular formula is C20H22F2N6O. The Kier molecular flexibility index (Phi) is 5.77. The molecule has 0 saturated carbocycles. The number of ether oxygens (including phenoxy) is 1. The number of aromatic nitrogens is 4. The molecule has 1 unspecified atom stereocenters. The maximum absolute atomic E-state index is 12.4. The van der Waals surface area contributed by atoms with E-state index in [-0.39, 0.29) is 11.8 Å². The number of rotatable bonds is 6. The Morgan fingerprint density at radius 3 is 2.55 bits per heavy atom. The molecule has 1 atom stereocenters. The van der Waals surface area contributed by atoms with E-state index < -0.39 is 6.61 Å². The van der Waals surface area contributed by atoms with E-state index in [9.17, 15) is 8.78 Å². The molecular weight excluding hydrogens is 378 g/mol. The lowest BCUT2D eigenvalue weighted by atomic mass is 10.0. The Balaban J connectivity index is 1.55. The molecule has 1 fully saturated rings. The quantitative estimate of drug-likeness (QED) is 0.634. The second-order valence-corrected chi connectivity index (χ2v) is 7.04. The van der Waals surface area contributed by atoms with Gasteiger partial charge < -0.3 is 9.64 Å². The molecule has 1 saturated heterocycles. The summed E-state index contributed by atoms with van der Waals surface area (Å²) in [5.41, 5.74) is 1.95. The summed E-state index contributed by atoms with van der Waals surface area (Å²) in [7, 11) is 2.13. The van der Waals surface area contributed by atoms with Crippen LogP contribution in [0.4, 0.5) is 8.78 Å². The summed E-state index contributed by atoms with van der Waals surface area (Å²) in [6, 6.07) is 16.9. The van der Waals surface area contributed by atoms with Gasteiger partial charge in [-0.3, -0.25) is 4.90 Å². The molecule has 2 aromatic carbocycles. The molecule has 3 aromatic rings. The van der Waals surface area contributed by atoms with Crippen LogP contribution in [0.15, 0.2) is 54.6 Å². The van der Waals surface area contributed by atoms with Crippen molar-refractivity contribution in [3.05, 3.63) is 66.0 Å². The summed E-state index contributed by atoms with van der Waals surface area (Å²) in [5.74, 6) is 0.791.